The van der Waals surface area contributed by atoms with Crippen LogP contribution in [0.1, 0.15) is 35.7 Å². The van der Waals surface area contributed by atoms with E-state index in [0.717, 1.165) is 42.3 Å². The van der Waals surface area contributed by atoms with Gasteiger partial charge in [0, 0.05) is 36.3 Å². The van der Waals surface area contributed by atoms with E-state index in [1.54, 1.807) is 0 Å². The molecule has 2 aromatic heterocycles. The van der Waals surface area contributed by atoms with Crippen LogP contribution in [0.25, 0.3) is 22.0 Å². The van der Waals surface area contributed by atoms with Gasteiger partial charge in [-0.1, -0.05) is 53.7 Å². The lowest BCUT2D eigenvalue weighted by Gasteiger charge is -2.18. The normalized spacial score (nSPS) is 18.1. The number of amides is 2. The first-order valence-electron chi connectivity index (χ1n) is 11.2. The van der Waals surface area contributed by atoms with Crippen molar-refractivity contribution in [2.75, 3.05) is 7.05 Å². The molecule has 1 unspecified atom stereocenters. The first-order chi connectivity index (χ1) is 16.1. The predicted octanol–water partition coefficient (Wildman–Crippen LogP) is 3.72. The Bertz CT molecular complexity index is 1430. The average Bonchev–Trinajstić information content (AvgIpc) is 3.51. The molecule has 0 fully saturated rings. The highest BCUT2D eigenvalue weighted by Gasteiger charge is 2.40. The van der Waals surface area contributed by atoms with Crippen LogP contribution in [-0.4, -0.2) is 43.3 Å². The molecule has 0 N–H and O–H groups in total. The zero-order chi connectivity index (χ0) is 22.5. The van der Waals surface area contributed by atoms with Gasteiger partial charge in [-0.2, -0.15) is 0 Å². The summed E-state index contributed by atoms with van der Waals surface area (Å²) in [6, 6.07) is 18.6. The Hall–Kier alpha value is -4.00. The number of likely N-dealkylation sites (N-methyl/N-ethyl adjacent to an activating group) is 1. The molecule has 6 rings (SSSR count). The molecule has 33 heavy (non-hydrogen) atoms. The van der Waals surface area contributed by atoms with Gasteiger partial charge in [0.2, 0.25) is 0 Å². The van der Waals surface area contributed by atoms with Crippen LogP contribution in [0.2, 0.25) is 0 Å². The van der Waals surface area contributed by atoms with E-state index in [2.05, 4.69) is 45.2 Å². The van der Waals surface area contributed by atoms with Crippen LogP contribution >= 0.6 is 0 Å². The predicted molar refractivity (Wildman–Crippen MR) is 125 cm³/mol. The molecule has 2 aliphatic rings. The molecule has 1 atom stereocenters. The van der Waals surface area contributed by atoms with E-state index in [4.69, 9.17) is 0 Å². The molecule has 2 amide bonds. The number of hydrogen-bond donors (Lipinski definition) is 0. The lowest BCUT2D eigenvalue weighted by molar-refractivity contribution is -0.134. The van der Waals surface area contributed by atoms with E-state index in [0.29, 0.717) is 16.8 Å². The minimum Gasteiger partial charge on any atom is -0.347 e. The van der Waals surface area contributed by atoms with Crippen molar-refractivity contribution in [3.05, 3.63) is 83.8 Å². The lowest BCUT2D eigenvalue weighted by Crippen LogP contribution is -2.26. The molecular weight excluding hydrogens is 414 g/mol. The average molecular weight is 438 g/mol. The number of para-hydroxylation sites is 1. The molecule has 0 radical (unpaired) electrons. The molecule has 164 valence electrons. The van der Waals surface area contributed by atoms with Crippen molar-refractivity contribution >= 4 is 33.9 Å². The van der Waals surface area contributed by atoms with E-state index < -0.39 is 0 Å². The fourth-order valence-corrected chi connectivity index (χ4v) is 5.00. The second-order valence-corrected chi connectivity index (χ2v) is 8.72. The lowest BCUT2D eigenvalue weighted by atomic mass is 9.99. The number of benzene rings is 2. The van der Waals surface area contributed by atoms with Gasteiger partial charge in [0.1, 0.15) is 5.69 Å². The van der Waals surface area contributed by atoms with E-state index >= 15 is 0 Å². The largest absolute Gasteiger partial charge is 0.347 e. The summed E-state index contributed by atoms with van der Waals surface area (Å²) >= 11 is 0. The maximum Gasteiger partial charge on any atom is 0.263 e. The second-order valence-electron chi connectivity index (χ2n) is 8.72. The van der Waals surface area contributed by atoms with Gasteiger partial charge in [0.05, 0.1) is 23.4 Å². The summed E-state index contributed by atoms with van der Waals surface area (Å²) in [6.45, 7) is 0.774. The Morgan fingerprint density at radius 3 is 2.55 bits per heavy atom. The van der Waals surface area contributed by atoms with Gasteiger partial charge in [-0.3, -0.25) is 14.5 Å². The van der Waals surface area contributed by atoms with Gasteiger partial charge in [-0.15, -0.1) is 5.10 Å². The summed E-state index contributed by atoms with van der Waals surface area (Å²) in [7, 11) is 1.52. The molecule has 4 bridgehead atoms. The Kier molecular flexibility index (Phi) is 4.50. The highest BCUT2D eigenvalue weighted by molar-refractivity contribution is 6.49. The molecule has 2 aromatic carbocycles. The minimum absolute atomic E-state index is 0.114. The molecular formula is C26H23N5O2. The molecule has 0 aliphatic carbocycles. The van der Waals surface area contributed by atoms with E-state index in [9.17, 15) is 9.59 Å². The molecule has 7 heteroatoms. The van der Waals surface area contributed by atoms with Crippen LogP contribution in [0.4, 0.5) is 0 Å². The molecule has 4 aromatic rings. The Morgan fingerprint density at radius 1 is 0.939 bits per heavy atom. The van der Waals surface area contributed by atoms with Crippen molar-refractivity contribution in [1.29, 1.82) is 0 Å². The number of carbonyl (C=O) groups excluding carboxylic acids is 2. The number of fused-ring (bicyclic) bond motifs is 9. The first kappa shape index (κ1) is 19.7. The third-order valence-electron chi connectivity index (χ3n) is 6.80. The number of carbonyl (C=O) groups is 2. The van der Waals surface area contributed by atoms with Crippen molar-refractivity contribution in [1.82, 2.24) is 24.5 Å². The highest BCUT2D eigenvalue weighted by atomic mass is 16.2. The highest BCUT2D eigenvalue weighted by Crippen LogP contribution is 2.39. The van der Waals surface area contributed by atoms with Gasteiger partial charge >= 0.3 is 0 Å². The van der Waals surface area contributed by atoms with Gasteiger partial charge < -0.3 is 4.57 Å². The Balaban J connectivity index is 1.50. The Labute approximate surface area is 190 Å². The summed E-state index contributed by atoms with van der Waals surface area (Å²) in [5.74, 6) is -0.633. The van der Waals surface area contributed by atoms with Crippen LogP contribution in [-0.2, 0) is 22.6 Å². The van der Waals surface area contributed by atoms with E-state index in [1.165, 1.54) is 17.5 Å². The third-order valence-corrected chi connectivity index (χ3v) is 6.80. The van der Waals surface area contributed by atoms with Crippen LogP contribution in [0.3, 0.4) is 0 Å². The van der Waals surface area contributed by atoms with Crippen LogP contribution in [0.15, 0.2) is 67.0 Å². The summed E-state index contributed by atoms with van der Waals surface area (Å²) in [6.07, 6.45) is 6.53. The zero-order valence-corrected chi connectivity index (χ0v) is 18.3. The maximum atomic E-state index is 13.2. The number of aromatic nitrogens is 4. The molecule has 0 saturated carbocycles. The topological polar surface area (TPSA) is 73.0 Å². The minimum atomic E-state index is -0.334. The fourth-order valence-electron chi connectivity index (χ4n) is 5.00. The monoisotopic (exact) mass is 437 g/mol. The molecule has 2 aliphatic heterocycles. The summed E-state index contributed by atoms with van der Waals surface area (Å²) < 4.78 is 4.07. The molecule has 0 saturated heterocycles. The summed E-state index contributed by atoms with van der Waals surface area (Å²) in [4.78, 5) is 27.5. The number of aryl methyl sites for hydroxylation is 2. The van der Waals surface area contributed by atoms with Crippen LogP contribution in [0, 0.1) is 0 Å². The van der Waals surface area contributed by atoms with Crippen molar-refractivity contribution in [3.63, 3.8) is 0 Å². The summed E-state index contributed by atoms with van der Waals surface area (Å²) in [5, 5.41) is 9.72. The second kappa shape index (κ2) is 7.55. The molecule has 4 heterocycles. The van der Waals surface area contributed by atoms with Crippen molar-refractivity contribution < 1.29 is 9.59 Å². The number of hydrogen-bond acceptors (Lipinski definition) is 4. The van der Waals surface area contributed by atoms with Crippen molar-refractivity contribution in [3.8, 4) is 0 Å². The maximum absolute atomic E-state index is 13.2. The molecule has 0 spiro atoms. The Morgan fingerprint density at radius 2 is 1.70 bits per heavy atom. The van der Waals surface area contributed by atoms with Crippen LogP contribution in [0.5, 0.6) is 0 Å². The first-order valence-corrected chi connectivity index (χ1v) is 11.2. The standard InChI is InChI=1S/C26H23N5O2/c1-29-25(32)23-20-15-30(22-10-6-5-9-19(20)22)14-13-18(12-11-17-7-3-2-4-8-17)31-16-21(27-28-31)24(23)26(29)33/h2-10,15-16,18H,11-14H2,1H3. The van der Waals surface area contributed by atoms with Gasteiger partial charge in [-0.25, -0.2) is 4.68 Å². The smallest absolute Gasteiger partial charge is 0.263 e. The molecule has 7 nitrogen and oxygen atoms in total. The van der Waals surface area contributed by atoms with Gasteiger partial charge in [0.25, 0.3) is 11.8 Å². The third kappa shape index (κ3) is 3.11. The van der Waals surface area contributed by atoms with E-state index in [-0.39, 0.29) is 17.9 Å². The number of imide groups is 1. The quantitative estimate of drug-likeness (QED) is 0.458. The number of nitrogens with zero attached hydrogens (tertiary/aromatic N) is 5. The van der Waals surface area contributed by atoms with Gasteiger partial charge in [0.15, 0.2) is 0 Å². The van der Waals surface area contributed by atoms with Crippen molar-refractivity contribution in [2.45, 2.75) is 31.8 Å². The van der Waals surface area contributed by atoms with Gasteiger partial charge in [-0.05, 0) is 30.9 Å². The number of rotatable bonds is 3. The van der Waals surface area contributed by atoms with Crippen LogP contribution < -0.4 is 0 Å². The summed E-state index contributed by atoms with van der Waals surface area (Å²) in [5.41, 5.74) is 4.31. The van der Waals surface area contributed by atoms with Crippen molar-refractivity contribution in [2.24, 2.45) is 0 Å². The SMILES string of the molecule is CN1C(=O)C2=C(C1=O)c1cn(c3ccccc13)CCC(CCc1ccccc1)n1cc2nn1. The van der Waals surface area contributed by atoms with E-state index in [1.807, 2.05) is 41.3 Å². The zero-order valence-electron chi connectivity index (χ0n) is 18.3. The fraction of sp³-hybridized carbons (Fsp3) is 0.231.